The summed E-state index contributed by atoms with van der Waals surface area (Å²) in [6, 6.07) is 20.6. The zero-order chi connectivity index (χ0) is 20.7. The number of fused-ring (bicyclic) bond motifs is 1. The van der Waals surface area contributed by atoms with Gasteiger partial charge in [0, 0.05) is 6.42 Å². The van der Waals surface area contributed by atoms with Crippen LogP contribution in [0.3, 0.4) is 0 Å². The first-order valence-corrected chi connectivity index (χ1v) is 10.9. The molecule has 5 rings (SSSR count). The Kier molecular flexibility index (Phi) is 4.68. The quantitative estimate of drug-likeness (QED) is 0.594. The summed E-state index contributed by atoms with van der Waals surface area (Å²) in [6.07, 6.45) is 2.07. The fraction of sp³-hybridized carbons (Fsp3) is 0.208. The summed E-state index contributed by atoms with van der Waals surface area (Å²) in [5, 5.41) is 0. The zero-order valence-electron chi connectivity index (χ0n) is 16.2. The molecular formula is C24H20O5S. The second-order valence-corrected chi connectivity index (χ2v) is 8.69. The summed E-state index contributed by atoms with van der Waals surface area (Å²) >= 11 is -1.99. The van der Waals surface area contributed by atoms with E-state index in [1.54, 1.807) is 12.1 Å². The first-order valence-electron chi connectivity index (χ1n) is 9.79. The normalized spacial score (nSPS) is 16.8. The summed E-state index contributed by atoms with van der Waals surface area (Å²) in [7, 11) is 0. The highest BCUT2D eigenvalue weighted by Gasteiger charge is 2.50. The van der Waals surface area contributed by atoms with Gasteiger partial charge in [0.15, 0.2) is 22.6 Å². The lowest BCUT2D eigenvalue weighted by atomic mass is 9.87. The van der Waals surface area contributed by atoms with Gasteiger partial charge in [-0.05, 0) is 59.4 Å². The van der Waals surface area contributed by atoms with Crippen LogP contribution in [0.25, 0.3) is 11.1 Å². The van der Waals surface area contributed by atoms with E-state index >= 15 is 0 Å². The van der Waals surface area contributed by atoms with Crippen molar-refractivity contribution in [2.24, 2.45) is 0 Å². The van der Waals surface area contributed by atoms with Crippen LogP contribution in [0, 0.1) is 0 Å². The molecule has 0 radical (unpaired) electrons. The Morgan fingerprint density at radius 1 is 0.933 bits per heavy atom. The van der Waals surface area contributed by atoms with Gasteiger partial charge in [-0.1, -0.05) is 42.5 Å². The van der Waals surface area contributed by atoms with Crippen LogP contribution in [-0.4, -0.2) is 21.3 Å². The molecule has 152 valence electrons. The average molecular weight is 420 g/mol. The van der Waals surface area contributed by atoms with E-state index in [2.05, 4.69) is 0 Å². The maximum Gasteiger partial charge on any atom is 0.231 e. The molecular weight excluding hydrogens is 400 g/mol. The SMILES string of the molecule is O=C(Cc1cccc(-c2ccc(S(=O)O)cc2)c1)C1(c2ccc3c(c2)OCO3)CC1. The number of benzene rings is 3. The number of hydrogen-bond acceptors (Lipinski definition) is 4. The number of Topliss-reactive ketones (excluding diaryl/α,β-unsaturated/α-hetero) is 1. The maximum atomic E-state index is 13.2. The minimum absolute atomic E-state index is 0.213. The number of hydrogen-bond donors (Lipinski definition) is 1. The lowest BCUT2D eigenvalue weighted by Crippen LogP contribution is -2.22. The van der Waals surface area contributed by atoms with Gasteiger partial charge >= 0.3 is 0 Å². The molecule has 1 fully saturated rings. The van der Waals surface area contributed by atoms with Crippen molar-refractivity contribution >= 4 is 16.9 Å². The molecule has 0 aromatic heterocycles. The fourth-order valence-electron chi connectivity index (χ4n) is 4.03. The van der Waals surface area contributed by atoms with Crippen LogP contribution in [0.5, 0.6) is 11.5 Å². The molecule has 1 atom stereocenters. The number of ether oxygens (including phenoxy) is 2. The van der Waals surface area contributed by atoms with Crippen molar-refractivity contribution in [1.29, 1.82) is 0 Å². The second kappa shape index (κ2) is 7.38. The van der Waals surface area contributed by atoms with Crippen molar-refractivity contribution in [3.63, 3.8) is 0 Å². The van der Waals surface area contributed by atoms with E-state index in [1.807, 2.05) is 54.6 Å². The third-order valence-corrected chi connectivity index (χ3v) is 6.57. The highest BCUT2D eigenvalue weighted by Crippen LogP contribution is 2.51. The molecule has 0 spiro atoms. The summed E-state index contributed by atoms with van der Waals surface area (Å²) in [4.78, 5) is 13.6. The zero-order valence-corrected chi connectivity index (χ0v) is 17.0. The Balaban J connectivity index is 1.36. The van der Waals surface area contributed by atoms with Crippen LogP contribution in [0.15, 0.2) is 71.6 Å². The summed E-state index contributed by atoms with van der Waals surface area (Å²) in [6.45, 7) is 0.224. The fourth-order valence-corrected chi connectivity index (χ4v) is 4.40. The van der Waals surface area contributed by atoms with E-state index in [9.17, 15) is 13.6 Å². The van der Waals surface area contributed by atoms with Gasteiger partial charge < -0.3 is 14.0 Å². The molecule has 0 saturated heterocycles. The first-order chi connectivity index (χ1) is 14.5. The van der Waals surface area contributed by atoms with Crippen molar-refractivity contribution < 1.29 is 23.0 Å². The highest BCUT2D eigenvalue weighted by atomic mass is 32.2. The third-order valence-electron chi connectivity index (χ3n) is 5.89. The second-order valence-electron chi connectivity index (χ2n) is 7.72. The molecule has 1 heterocycles. The first kappa shape index (κ1) is 19.0. The summed E-state index contributed by atoms with van der Waals surface area (Å²) in [5.41, 5.74) is 3.45. The Morgan fingerprint density at radius 3 is 2.43 bits per heavy atom. The molecule has 6 heteroatoms. The van der Waals surface area contributed by atoms with Crippen molar-refractivity contribution in [2.45, 2.75) is 29.6 Å². The van der Waals surface area contributed by atoms with Crippen LogP contribution in [0.1, 0.15) is 24.0 Å². The van der Waals surface area contributed by atoms with Crippen molar-refractivity contribution in [3.8, 4) is 22.6 Å². The van der Waals surface area contributed by atoms with E-state index in [1.165, 1.54) is 0 Å². The number of carbonyl (C=O) groups excluding carboxylic acids is 1. The molecule has 1 aliphatic heterocycles. The van der Waals surface area contributed by atoms with Crippen LogP contribution in [-0.2, 0) is 27.7 Å². The monoisotopic (exact) mass is 420 g/mol. The smallest absolute Gasteiger partial charge is 0.231 e. The molecule has 0 bridgehead atoms. The van der Waals surface area contributed by atoms with Gasteiger partial charge in [-0.15, -0.1) is 0 Å². The van der Waals surface area contributed by atoms with E-state index in [0.717, 1.165) is 40.8 Å². The molecule has 5 nitrogen and oxygen atoms in total. The lowest BCUT2D eigenvalue weighted by Gasteiger charge is -2.15. The standard InChI is InChI=1S/C24H20O5S/c25-23(24(10-11-24)19-6-9-21-22(14-19)29-15-28-21)13-16-2-1-3-18(12-16)17-4-7-20(8-5-17)30(26)27/h1-9,12,14H,10-11,13,15H2,(H,26,27). The van der Waals surface area contributed by atoms with Crippen LogP contribution < -0.4 is 9.47 Å². The van der Waals surface area contributed by atoms with Crippen LogP contribution in [0.4, 0.5) is 0 Å². The Labute approximate surface area is 176 Å². The van der Waals surface area contributed by atoms with Gasteiger partial charge in [0.2, 0.25) is 6.79 Å². The minimum Gasteiger partial charge on any atom is -0.454 e. The maximum absolute atomic E-state index is 13.2. The van der Waals surface area contributed by atoms with Crippen LogP contribution in [0.2, 0.25) is 0 Å². The lowest BCUT2D eigenvalue weighted by molar-refractivity contribution is -0.120. The van der Waals surface area contributed by atoms with Crippen molar-refractivity contribution in [2.75, 3.05) is 6.79 Å². The molecule has 3 aromatic rings. The van der Waals surface area contributed by atoms with E-state index in [0.29, 0.717) is 17.1 Å². The number of rotatable bonds is 6. The number of ketones is 1. The van der Waals surface area contributed by atoms with Gasteiger partial charge in [0.05, 0.1) is 10.3 Å². The highest BCUT2D eigenvalue weighted by molar-refractivity contribution is 7.79. The third kappa shape index (κ3) is 3.42. The Hall–Kier alpha value is -2.96. The van der Waals surface area contributed by atoms with Gasteiger partial charge in [-0.2, -0.15) is 0 Å². The van der Waals surface area contributed by atoms with Gasteiger partial charge in [-0.3, -0.25) is 4.79 Å². The topological polar surface area (TPSA) is 72.8 Å². The largest absolute Gasteiger partial charge is 0.454 e. The van der Waals surface area contributed by atoms with E-state index in [4.69, 9.17) is 9.47 Å². The Morgan fingerprint density at radius 2 is 1.70 bits per heavy atom. The summed E-state index contributed by atoms with van der Waals surface area (Å²) < 4.78 is 31.2. The predicted molar refractivity (Wildman–Crippen MR) is 113 cm³/mol. The molecule has 3 aromatic carbocycles. The van der Waals surface area contributed by atoms with Gasteiger partial charge in [0.25, 0.3) is 0 Å². The predicted octanol–water partition coefficient (Wildman–Crippen LogP) is 4.51. The molecule has 0 amide bonds. The number of carbonyl (C=O) groups is 1. The molecule has 1 unspecified atom stereocenters. The van der Waals surface area contributed by atoms with E-state index < -0.39 is 16.5 Å². The molecule has 30 heavy (non-hydrogen) atoms. The molecule has 1 N–H and O–H groups in total. The van der Waals surface area contributed by atoms with E-state index in [-0.39, 0.29) is 12.6 Å². The Bertz CT molecular complexity index is 1150. The van der Waals surface area contributed by atoms with Gasteiger partial charge in [-0.25, -0.2) is 4.21 Å². The molecule has 1 saturated carbocycles. The molecule has 2 aliphatic rings. The van der Waals surface area contributed by atoms with Gasteiger partial charge in [0.1, 0.15) is 5.78 Å². The summed E-state index contributed by atoms with van der Waals surface area (Å²) in [5.74, 6) is 1.65. The average Bonchev–Trinajstić information content (AvgIpc) is 3.45. The minimum atomic E-state index is -1.99. The van der Waals surface area contributed by atoms with Crippen LogP contribution >= 0.6 is 0 Å². The molecule has 1 aliphatic carbocycles. The van der Waals surface area contributed by atoms with Crippen molar-refractivity contribution in [3.05, 3.63) is 77.9 Å². The van der Waals surface area contributed by atoms with Crippen molar-refractivity contribution in [1.82, 2.24) is 0 Å².